The smallest absolute Gasteiger partial charge is 0.261 e. The molecule has 0 aliphatic heterocycles. The van der Waals surface area contributed by atoms with Gasteiger partial charge in [-0.2, -0.15) is 0 Å². The molecule has 0 spiro atoms. The van der Waals surface area contributed by atoms with Gasteiger partial charge in [-0.05, 0) is 79.2 Å². The highest BCUT2D eigenvalue weighted by atomic mass is 35.5. The second-order valence-electron chi connectivity index (χ2n) is 7.39. The van der Waals surface area contributed by atoms with Gasteiger partial charge in [-0.3, -0.25) is 13.8 Å². The summed E-state index contributed by atoms with van der Waals surface area (Å²) >= 11 is 5.94. The van der Waals surface area contributed by atoms with E-state index in [1.54, 1.807) is 13.0 Å². The van der Waals surface area contributed by atoms with E-state index in [1.807, 2.05) is 0 Å². The Kier molecular flexibility index (Phi) is 7.49. The Balaban J connectivity index is 1.72. The standard InChI is InChI=1S/C22H21ClFN3O5S2/c1-15-13-16(23)3-12-21(15)27(33(2,29)30)14-22(28)25-18-8-10-20(11-9-18)34(31,32)26-19-6-4-17(24)5-7-19/h3-13,26H,14H2,1-2H3,(H,25,28). The first-order chi connectivity index (χ1) is 15.8. The highest BCUT2D eigenvalue weighted by molar-refractivity contribution is 7.92. The normalized spacial score (nSPS) is 11.6. The summed E-state index contributed by atoms with van der Waals surface area (Å²) in [4.78, 5) is 12.5. The summed E-state index contributed by atoms with van der Waals surface area (Å²) < 4.78 is 65.9. The van der Waals surface area contributed by atoms with Gasteiger partial charge in [-0.15, -0.1) is 0 Å². The van der Waals surface area contributed by atoms with E-state index in [2.05, 4.69) is 10.0 Å². The van der Waals surface area contributed by atoms with Gasteiger partial charge in [0, 0.05) is 16.4 Å². The van der Waals surface area contributed by atoms with Crippen molar-refractivity contribution in [3.8, 4) is 0 Å². The molecule has 3 aromatic rings. The summed E-state index contributed by atoms with van der Waals surface area (Å²) in [7, 11) is -7.72. The van der Waals surface area contributed by atoms with Crippen molar-refractivity contribution < 1.29 is 26.0 Å². The van der Waals surface area contributed by atoms with E-state index >= 15 is 0 Å². The number of hydrogen-bond acceptors (Lipinski definition) is 5. The molecule has 0 aliphatic carbocycles. The first kappa shape index (κ1) is 25.5. The Labute approximate surface area is 202 Å². The molecular weight excluding hydrogens is 505 g/mol. The number of halogens is 2. The largest absolute Gasteiger partial charge is 0.325 e. The predicted molar refractivity (Wildman–Crippen MR) is 131 cm³/mol. The number of amides is 1. The molecule has 0 radical (unpaired) electrons. The van der Waals surface area contributed by atoms with Gasteiger partial charge >= 0.3 is 0 Å². The predicted octanol–water partition coefficient (Wildman–Crippen LogP) is 3.99. The third kappa shape index (κ3) is 6.46. The fourth-order valence-electron chi connectivity index (χ4n) is 3.06. The molecule has 0 bridgehead atoms. The average molecular weight is 526 g/mol. The summed E-state index contributed by atoms with van der Waals surface area (Å²) in [5.74, 6) is -1.12. The van der Waals surface area contributed by atoms with E-state index < -0.39 is 38.3 Å². The van der Waals surface area contributed by atoms with Crippen LogP contribution >= 0.6 is 11.6 Å². The maximum absolute atomic E-state index is 13.0. The van der Waals surface area contributed by atoms with Crippen LogP contribution in [0.25, 0.3) is 0 Å². The van der Waals surface area contributed by atoms with Crippen molar-refractivity contribution in [2.24, 2.45) is 0 Å². The van der Waals surface area contributed by atoms with Crippen LogP contribution in [0.3, 0.4) is 0 Å². The number of carbonyl (C=O) groups is 1. The van der Waals surface area contributed by atoms with Crippen molar-refractivity contribution in [3.63, 3.8) is 0 Å². The van der Waals surface area contributed by atoms with Crippen molar-refractivity contribution in [1.29, 1.82) is 0 Å². The maximum Gasteiger partial charge on any atom is 0.261 e. The maximum atomic E-state index is 13.0. The Morgan fingerprint density at radius 1 is 0.941 bits per heavy atom. The van der Waals surface area contributed by atoms with E-state index in [1.165, 1.54) is 48.5 Å². The van der Waals surface area contributed by atoms with Crippen molar-refractivity contribution in [2.75, 3.05) is 27.1 Å². The van der Waals surface area contributed by atoms with Crippen LogP contribution in [0.4, 0.5) is 21.5 Å². The minimum Gasteiger partial charge on any atom is -0.325 e. The molecule has 0 aromatic heterocycles. The molecule has 34 heavy (non-hydrogen) atoms. The van der Waals surface area contributed by atoms with Gasteiger partial charge in [-0.25, -0.2) is 21.2 Å². The molecule has 180 valence electrons. The van der Waals surface area contributed by atoms with E-state index in [0.717, 1.165) is 22.7 Å². The third-order valence-electron chi connectivity index (χ3n) is 4.66. The number of carbonyl (C=O) groups excluding carboxylic acids is 1. The van der Waals surface area contributed by atoms with Crippen LogP contribution < -0.4 is 14.3 Å². The Morgan fingerprint density at radius 2 is 1.53 bits per heavy atom. The van der Waals surface area contributed by atoms with Crippen LogP contribution in [0, 0.1) is 12.7 Å². The number of hydrogen-bond donors (Lipinski definition) is 2. The zero-order chi connectivity index (χ0) is 25.1. The molecule has 3 rings (SSSR count). The summed E-state index contributed by atoms with van der Waals surface area (Å²) in [6.45, 7) is 1.18. The average Bonchev–Trinajstić information content (AvgIpc) is 2.74. The number of nitrogens with zero attached hydrogens (tertiary/aromatic N) is 1. The first-order valence-electron chi connectivity index (χ1n) is 9.77. The second kappa shape index (κ2) is 10.00. The van der Waals surface area contributed by atoms with E-state index in [9.17, 15) is 26.0 Å². The van der Waals surface area contributed by atoms with Gasteiger partial charge in [0.1, 0.15) is 12.4 Å². The van der Waals surface area contributed by atoms with Gasteiger partial charge < -0.3 is 5.32 Å². The molecule has 0 aliphatic rings. The van der Waals surface area contributed by atoms with E-state index in [0.29, 0.717) is 16.3 Å². The van der Waals surface area contributed by atoms with Crippen molar-refractivity contribution in [1.82, 2.24) is 0 Å². The Morgan fingerprint density at radius 3 is 2.09 bits per heavy atom. The number of rotatable bonds is 8. The monoisotopic (exact) mass is 525 g/mol. The SMILES string of the molecule is Cc1cc(Cl)ccc1N(CC(=O)Nc1ccc(S(=O)(=O)Nc2ccc(F)cc2)cc1)S(C)(=O)=O. The molecule has 0 heterocycles. The number of benzene rings is 3. The third-order valence-corrected chi connectivity index (χ3v) is 7.42. The molecular formula is C22H21ClFN3O5S2. The van der Waals surface area contributed by atoms with Gasteiger partial charge in [0.15, 0.2) is 0 Å². The van der Waals surface area contributed by atoms with Crippen LogP contribution in [0.15, 0.2) is 71.6 Å². The number of aryl methyl sites for hydroxylation is 1. The molecule has 0 unspecified atom stereocenters. The molecule has 0 saturated carbocycles. The van der Waals surface area contributed by atoms with Gasteiger partial charge in [0.25, 0.3) is 10.0 Å². The van der Waals surface area contributed by atoms with Gasteiger partial charge in [0.05, 0.1) is 16.8 Å². The van der Waals surface area contributed by atoms with Crippen molar-refractivity contribution in [2.45, 2.75) is 11.8 Å². The summed E-state index contributed by atoms with van der Waals surface area (Å²) in [5, 5.41) is 2.99. The van der Waals surface area contributed by atoms with Gasteiger partial charge in [0.2, 0.25) is 15.9 Å². The summed E-state index contributed by atoms with van der Waals surface area (Å²) in [6, 6.07) is 14.8. The molecule has 1 amide bonds. The molecule has 12 heteroatoms. The van der Waals surface area contributed by atoms with Crippen LogP contribution in [-0.4, -0.2) is 35.5 Å². The fourth-order valence-corrected chi connectivity index (χ4v) is 5.26. The quantitative estimate of drug-likeness (QED) is 0.461. The number of nitrogens with one attached hydrogen (secondary N) is 2. The lowest BCUT2D eigenvalue weighted by Crippen LogP contribution is -2.37. The Bertz CT molecular complexity index is 1410. The zero-order valence-electron chi connectivity index (χ0n) is 18.1. The Hall–Kier alpha value is -3.15. The molecule has 0 saturated heterocycles. The minimum atomic E-state index is -3.94. The van der Waals surface area contributed by atoms with Crippen molar-refractivity contribution in [3.05, 3.63) is 83.1 Å². The minimum absolute atomic E-state index is 0.0793. The van der Waals surface area contributed by atoms with Crippen molar-refractivity contribution >= 4 is 54.6 Å². The lowest BCUT2D eigenvalue weighted by Gasteiger charge is -2.23. The highest BCUT2D eigenvalue weighted by Crippen LogP contribution is 2.26. The van der Waals surface area contributed by atoms with Crippen LogP contribution in [-0.2, 0) is 24.8 Å². The van der Waals surface area contributed by atoms with E-state index in [-0.39, 0.29) is 16.3 Å². The van der Waals surface area contributed by atoms with Crippen LogP contribution in [0.5, 0.6) is 0 Å². The lowest BCUT2D eigenvalue weighted by molar-refractivity contribution is -0.114. The molecule has 8 nitrogen and oxygen atoms in total. The topological polar surface area (TPSA) is 113 Å². The highest BCUT2D eigenvalue weighted by Gasteiger charge is 2.23. The fraction of sp³-hybridized carbons (Fsp3) is 0.136. The second-order valence-corrected chi connectivity index (χ2v) is 11.4. The first-order valence-corrected chi connectivity index (χ1v) is 13.5. The summed E-state index contributed by atoms with van der Waals surface area (Å²) in [5.41, 5.74) is 1.36. The number of anilines is 3. The molecule has 2 N–H and O–H groups in total. The zero-order valence-corrected chi connectivity index (χ0v) is 20.5. The lowest BCUT2D eigenvalue weighted by atomic mass is 10.2. The number of sulfonamides is 2. The van der Waals surface area contributed by atoms with Crippen LogP contribution in [0.1, 0.15) is 5.56 Å². The van der Waals surface area contributed by atoms with E-state index in [4.69, 9.17) is 11.6 Å². The summed E-state index contributed by atoms with van der Waals surface area (Å²) in [6.07, 6.45) is 0.988. The molecule has 0 atom stereocenters. The molecule has 3 aromatic carbocycles. The molecule has 0 fully saturated rings. The van der Waals surface area contributed by atoms with Gasteiger partial charge in [-0.1, -0.05) is 11.6 Å². The van der Waals surface area contributed by atoms with Crippen LogP contribution in [0.2, 0.25) is 5.02 Å².